The molecule has 1 aliphatic rings. The largest absolute Gasteiger partial charge is 0.316 e. The second-order valence-corrected chi connectivity index (χ2v) is 6.88. The van der Waals surface area contributed by atoms with Crippen molar-refractivity contribution in [2.45, 2.75) is 71.5 Å². The molecule has 0 aliphatic carbocycles. The van der Waals surface area contributed by atoms with Crippen LogP contribution in [0.4, 0.5) is 0 Å². The molecule has 0 spiro atoms. The maximum Gasteiger partial charge on any atom is 0.304 e. The number of hydrogen-bond donors (Lipinski definition) is 1. The zero-order valence-corrected chi connectivity index (χ0v) is 12.6. The summed E-state index contributed by atoms with van der Waals surface area (Å²) in [5, 5.41) is 0. The van der Waals surface area contributed by atoms with Crippen molar-refractivity contribution in [1.82, 2.24) is 9.88 Å². The van der Waals surface area contributed by atoms with Crippen LogP contribution in [0.2, 0.25) is 0 Å². The van der Waals surface area contributed by atoms with Gasteiger partial charge in [0.05, 0.1) is 0 Å². The molecule has 1 aromatic heterocycles. The van der Waals surface area contributed by atoms with E-state index >= 15 is 0 Å². The highest BCUT2D eigenvalue weighted by atomic mass is 32.1. The number of piperidine rings is 1. The molecule has 1 aliphatic heterocycles. The summed E-state index contributed by atoms with van der Waals surface area (Å²) >= 11 is 1.39. The molecule has 102 valence electrons. The van der Waals surface area contributed by atoms with Crippen LogP contribution < -0.4 is 4.87 Å². The van der Waals surface area contributed by atoms with E-state index in [2.05, 4.69) is 37.6 Å². The Hall–Kier alpha value is -0.610. The molecule has 3 nitrogen and oxygen atoms in total. The topological polar surface area (TPSA) is 36.1 Å². The minimum Gasteiger partial charge on any atom is -0.316 e. The van der Waals surface area contributed by atoms with Crippen molar-refractivity contribution < 1.29 is 0 Å². The second kappa shape index (κ2) is 5.57. The number of thiazole rings is 1. The number of aromatic amines is 1. The van der Waals surface area contributed by atoms with Crippen LogP contribution in [0.1, 0.15) is 63.4 Å². The smallest absolute Gasteiger partial charge is 0.304 e. The lowest BCUT2D eigenvalue weighted by atomic mass is 9.97. The van der Waals surface area contributed by atoms with E-state index in [1.807, 2.05) is 0 Å². The monoisotopic (exact) mass is 268 g/mol. The lowest BCUT2D eigenvalue weighted by molar-refractivity contribution is 0.0960. The molecule has 1 N–H and O–H groups in total. The van der Waals surface area contributed by atoms with Crippen LogP contribution in [-0.2, 0) is 6.54 Å². The van der Waals surface area contributed by atoms with E-state index in [0.717, 1.165) is 12.2 Å². The fourth-order valence-corrected chi connectivity index (χ4v) is 3.90. The maximum absolute atomic E-state index is 11.6. The molecule has 1 aromatic rings. The molecule has 0 bridgehead atoms. The summed E-state index contributed by atoms with van der Waals surface area (Å²) in [7, 11) is 0. The second-order valence-electron chi connectivity index (χ2n) is 5.81. The Morgan fingerprint density at radius 2 is 1.94 bits per heavy atom. The van der Waals surface area contributed by atoms with Gasteiger partial charge in [-0.15, -0.1) is 0 Å². The number of aromatic nitrogens is 1. The van der Waals surface area contributed by atoms with Gasteiger partial charge in [-0.25, -0.2) is 0 Å². The highest BCUT2D eigenvalue weighted by Crippen LogP contribution is 2.27. The summed E-state index contributed by atoms with van der Waals surface area (Å²) in [4.78, 5) is 18.4. The van der Waals surface area contributed by atoms with Gasteiger partial charge in [-0.2, -0.15) is 0 Å². The van der Waals surface area contributed by atoms with Crippen molar-refractivity contribution in [3.05, 3.63) is 20.2 Å². The van der Waals surface area contributed by atoms with Crippen molar-refractivity contribution in [2.24, 2.45) is 0 Å². The number of likely N-dealkylation sites (tertiary alicyclic amines) is 1. The minimum atomic E-state index is 0.0889. The average Bonchev–Trinajstić information content (AvgIpc) is 2.65. The van der Waals surface area contributed by atoms with Gasteiger partial charge in [-0.05, 0) is 32.6 Å². The molecule has 0 aromatic carbocycles. The van der Waals surface area contributed by atoms with Crippen LogP contribution in [0.5, 0.6) is 0 Å². The van der Waals surface area contributed by atoms with Crippen molar-refractivity contribution in [2.75, 3.05) is 0 Å². The first-order chi connectivity index (χ1) is 8.49. The molecule has 1 saturated heterocycles. The SMILES string of the molecule is CC(C)c1[nH]c(=O)sc1CN1C(C)CCCC1C. The van der Waals surface area contributed by atoms with Crippen LogP contribution >= 0.6 is 11.3 Å². The first kappa shape index (κ1) is 13.8. The third-order valence-electron chi connectivity index (χ3n) is 4.03. The predicted molar refractivity (Wildman–Crippen MR) is 77.3 cm³/mol. The third kappa shape index (κ3) is 2.86. The Balaban J connectivity index is 2.19. The summed E-state index contributed by atoms with van der Waals surface area (Å²) in [5.74, 6) is 0.398. The lowest BCUT2D eigenvalue weighted by Gasteiger charge is -2.38. The van der Waals surface area contributed by atoms with Gasteiger partial charge >= 0.3 is 4.87 Å². The lowest BCUT2D eigenvalue weighted by Crippen LogP contribution is -2.42. The zero-order valence-electron chi connectivity index (χ0n) is 11.8. The minimum absolute atomic E-state index is 0.0889. The molecule has 0 amide bonds. The van der Waals surface area contributed by atoms with Crippen molar-refractivity contribution in [1.29, 1.82) is 0 Å². The van der Waals surface area contributed by atoms with Crippen molar-refractivity contribution in [3.8, 4) is 0 Å². The standard InChI is InChI=1S/C14H24N2OS/c1-9(2)13-12(18-14(17)15-13)8-16-10(3)6-5-7-11(16)4/h9-11H,5-8H2,1-4H3,(H,15,17). The van der Waals surface area contributed by atoms with Gasteiger partial charge in [0, 0.05) is 29.2 Å². The molecule has 0 radical (unpaired) electrons. The summed E-state index contributed by atoms with van der Waals surface area (Å²) in [6, 6.07) is 1.26. The van der Waals surface area contributed by atoms with Gasteiger partial charge in [0.15, 0.2) is 0 Å². The normalized spacial score (nSPS) is 25.8. The number of nitrogens with one attached hydrogen (secondary N) is 1. The van der Waals surface area contributed by atoms with Gasteiger partial charge < -0.3 is 4.98 Å². The van der Waals surface area contributed by atoms with Gasteiger partial charge in [0.1, 0.15) is 0 Å². The Morgan fingerprint density at radius 3 is 2.50 bits per heavy atom. The van der Waals surface area contributed by atoms with E-state index in [9.17, 15) is 4.79 Å². The molecule has 4 heteroatoms. The first-order valence-electron chi connectivity index (χ1n) is 6.96. The molecular formula is C14H24N2OS. The third-order valence-corrected chi connectivity index (χ3v) is 4.92. The number of H-pyrrole nitrogens is 1. The highest BCUT2D eigenvalue weighted by molar-refractivity contribution is 7.09. The quantitative estimate of drug-likeness (QED) is 0.913. The number of rotatable bonds is 3. The maximum atomic E-state index is 11.6. The predicted octanol–water partition coefficient (Wildman–Crippen LogP) is 3.32. The van der Waals surface area contributed by atoms with E-state index in [-0.39, 0.29) is 4.87 Å². The average molecular weight is 268 g/mol. The summed E-state index contributed by atoms with van der Waals surface area (Å²) < 4.78 is 0. The van der Waals surface area contributed by atoms with Crippen LogP contribution in [0, 0.1) is 0 Å². The van der Waals surface area contributed by atoms with Gasteiger partial charge in [-0.1, -0.05) is 31.6 Å². The Kier molecular flexibility index (Phi) is 4.28. The Bertz CT molecular complexity index is 439. The van der Waals surface area contributed by atoms with Crippen LogP contribution in [-0.4, -0.2) is 22.0 Å². The van der Waals surface area contributed by atoms with Gasteiger partial charge in [0.25, 0.3) is 0 Å². The fourth-order valence-electron chi connectivity index (χ4n) is 2.91. The zero-order chi connectivity index (χ0) is 13.3. The molecule has 0 saturated carbocycles. The number of hydrogen-bond acceptors (Lipinski definition) is 3. The van der Waals surface area contributed by atoms with Crippen LogP contribution in [0.15, 0.2) is 4.79 Å². The molecule has 2 rings (SSSR count). The summed E-state index contributed by atoms with van der Waals surface area (Å²) in [6.45, 7) is 9.83. The molecule has 1 fully saturated rings. The molecule has 2 unspecified atom stereocenters. The van der Waals surface area contributed by atoms with E-state index in [0.29, 0.717) is 18.0 Å². The molecule has 2 heterocycles. The Labute approximate surface area is 113 Å². The van der Waals surface area contributed by atoms with E-state index in [1.165, 1.54) is 35.5 Å². The molecule has 18 heavy (non-hydrogen) atoms. The van der Waals surface area contributed by atoms with Gasteiger partial charge in [-0.3, -0.25) is 9.69 Å². The van der Waals surface area contributed by atoms with Gasteiger partial charge in [0.2, 0.25) is 0 Å². The van der Waals surface area contributed by atoms with Crippen LogP contribution in [0.25, 0.3) is 0 Å². The van der Waals surface area contributed by atoms with E-state index < -0.39 is 0 Å². The fraction of sp³-hybridized carbons (Fsp3) is 0.786. The van der Waals surface area contributed by atoms with E-state index in [1.54, 1.807) is 0 Å². The van der Waals surface area contributed by atoms with E-state index in [4.69, 9.17) is 0 Å². The highest BCUT2D eigenvalue weighted by Gasteiger charge is 2.26. The Morgan fingerprint density at radius 1 is 1.33 bits per heavy atom. The first-order valence-corrected chi connectivity index (χ1v) is 7.78. The number of nitrogens with zero attached hydrogens (tertiary/aromatic N) is 1. The molecular weight excluding hydrogens is 244 g/mol. The molecule has 2 atom stereocenters. The summed E-state index contributed by atoms with van der Waals surface area (Å²) in [5.41, 5.74) is 1.13. The summed E-state index contributed by atoms with van der Waals surface area (Å²) in [6.07, 6.45) is 3.89. The van der Waals surface area contributed by atoms with Crippen molar-refractivity contribution in [3.63, 3.8) is 0 Å². The van der Waals surface area contributed by atoms with Crippen LogP contribution in [0.3, 0.4) is 0 Å². The van der Waals surface area contributed by atoms with Crippen molar-refractivity contribution >= 4 is 11.3 Å².